The largest absolute Gasteiger partial charge is 0.153 e. The van der Waals surface area contributed by atoms with Gasteiger partial charge in [0.1, 0.15) is 9.52 Å². The summed E-state index contributed by atoms with van der Waals surface area (Å²) in [5, 5.41) is 8.50. The smallest absolute Gasteiger partial charge is 0.103 e. The van der Waals surface area contributed by atoms with Gasteiger partial charge in [0.05, 0.1) is 0 Å². The number of hydrogen-bond acceptors (Lipinski definition) is 2. The summed E-state index contributed by atoms with van der Waals surface area (Å²) in [7, 11) is -0.0467. The second-order valence-corrected chi connectivity index (χ2v) is 6.82. The van der Waals surface area contributed by atoms with Gasteiger partial charge in [0.15, 0.2) is 0 Å². The van der Waals surface area contributed by atoms with Crippen molar-refractivity contribution < 1.29 is 0 Å². The van der Waals surface area contributed by atoms with E-state index < -0.39 is 0 Å². The van der Waals surface area contributed by atoms with E-state index in [1.807, 2.05) is 22.7 Å². The Labute approximate surface area is 75.3 Å². The van der Waals surface area contributed by atoms with Crippen molar-refractivity contribution in [3.63, 3.8) is 0 Å². The molecule has 0 saturated carbocycles. The maximum absolute atomic E-state index is 2.33. The molecule has 0 radical (unpaired) electrons. The molecule has 1 aliphatic heterocycles. The fourth-order valence-electron chi connectivity index (χ4n) is 1.59. The van der Waals surface area contributed by atoms with Crippen molar-refractivity contribution in [1.29, 1.82) is 0 Å². The zero-order valence-electron chi connectivity index (χ0n) is 5.83. The molecule has 2 aromatic heterocycles. The molecule has 0 bridgehead atoms. The van der Waals surface area contributed by atoms with Gasteiger partial charge in [-0.3, -0.25) is 0 Å². The number of fused-ring (bicyclic) bond motifs is 3. The van der Waals surface area contributed by atoms with E-state index in [0.717, 1.165) is 0 Å². The van der Waals surface area contributed by atoms with Crippen molar-refractivity contribution in [2.75, 3.05) is 0 Å². The zero-order valence-corrected chi connectivity index (χ0v) is 8.88. The average Bonchev–Trinajstić information content (AvgIpc) is 2.52. The fourth-order valence-corrected chi connectivity index (χ4v) is 6.22. The molecule has 1 aliphatic rings. The normalized spacial score (nSPS) is 15.3. The first-order chi connectivity index (χ1) is 5.45. The van der Waals surface area contributed by atoms with Crippen LogP contribution in [-0.2, 0) is 0 Å². The van der Waals surface area contributed by atoms with Crippen molar-refractivity contribution in [3.8, 4) is 11.1 Å². The minimum Gasteiger partial charge on any atom is -0.153 e. The monoisotopic (exact) mass is 194 g/mol. The molecule has 0 N–H and O–H groups in total. The molecule has 3 rings (SSSR count). The van der Waals surface area contributed by atoms with Crippen LogP contribution in [0.1, 0.15) is 0 Å². The first-order valence-corrected chi connectivity index (χ1v) is 6.80. The van der Waals surface area contributed by atoms with Crippen LogP contribution in [0.15, 0.2) is 22.2 Å². The van der Waals surface area contributed by atoms with Crippen LogP contribution >= 0.6 is 22.7 Å². The lowest BCUT2D eigenvalue weighted by molar-refractivity contribution is 1.94. The van der Waals surface area contributed by atoms with E-state index in [1.54, 1.807) is 9.69 Å². The topological polar surface area (TPSA) is 0 Å². The highest BCUT2D eigenvalue weighted by molar-refractivity contribution is 7.23. The molecule has 0 atom stereocenters. The maximum atomic E-state index is 2.33. The summed E-state index contributed by atoms with van der Waals surface area (Å²) in [6, 6.07) is 2.27. The van der Waals surface area contributed by atoms with Gasteiger partial charge in [-0.25, -0.2) is 0 Å². The van der Waals surface area contributed by atoms with Crippen LogP contribution in [0.3, 0.4) is 0 Å². The molecule has 3 heterocycles. The van der Waals surface area contributed by atoms with Crippen molar-refractivity contribution >= 4 is 41.9 Å². The SMILES string of the molecule is c1cc2c(s1)[SiH2]c1cscc1-2. The van der Waals surface area contributed by atoms with E-state index in [1.165, 1.54) is 11.1 Å². The van der Waals surface area contributed by atoms with Gasteiger partial charge in [-0.2, -0.15) is 22.7 Å². The Morgan fingerprint density at radius 3 is 3.18 bits per heavy atom. The molecule has 11 heavy (non-hydrogen) atoms. The highest BCUT2D eigenvalue weighted by Gasteiger charge is 2.19. The second kappa shape index (κ2) is 2.06. The van der Waals surface area contributed by atoms with Crippen LogP contribution in [0.5, 0.6) is 0 Å². The van der Waals surface area contributed by atoms with Crippen molar-refractivity contribution in [3.05, 3.63) is 22.2 Å². The molecule has 0 fully saturated rings. The zero-order chi connectivity index (χ0) is 7.26. The average molecular weight is 194 g/mol. The fraction of sp³-hybridized carbons (Fsp3) is 0. The molecule has 2 aromatic rings. The highest BCUT2D eigenvalue weighted by Crippen LogP contribution is 2.24. The van der Waals surface area contributed by atoms with Crippen LogP contribution < -0.4 is 9.69 Å². The van der Waals surface area contributed by atoms with Crippen LogP contribution in [0.25, 0.3) is 11.1 Å². The third-order valence-corrected chi connectivity index (χ3v) is 6.59. The summed E-state index contributed by atoms with van der Waals surface area (Å²) in [4.78, 5) is 0. The van der Waals surface area contributed by atoms with Crippen LogP contribution in [0, 0.1) is 0 Å². The molecule has 0 nitrogen and oxygen atoms in total. The Hall–Kier alpha value is -0.383. The Balaban J connectivity index is 2.38. The molecule has 0 aromatic carbocycles. The molecule has 0 unspecified atom stereocenters. The predicted octanol–water partition coefficient (Wildman–Crippen LogP) is 0.910. The molecule has 0 aliphatic carbocycles. The van der Waals surface area contributed by atoms with Crippen LogP contribution in [-0.4, -0.2) is 9.52 Å². The van der Waals surface area contributed by atoms with Crippen LogP contribution in [0.4, 0.5) is 0 Å². The standard InChI is InChI=1S/C8H6S2Si/c1-2-10-8-5(1)6-3-9-4-7(6)11-8/h1-4H,11H2. The number of rotatable bonds is 0. The number of thiophene rings is 2. The summed E-state index contributed by atoms with van der Waals surface area (Å²) in [6.07, 6.45) is 0. The highest BCUT2D eigenvalue weighted by atomic mass is 32.1. The first-order valence-electron chi connectivity index (χ1n) is 3.57. The minimum absolute atomic E-state index is 0.0467. The van der Waals surface area contributed by atoms with E-state index in [0.29, 0.717) is 0 Å². The second-order valence-electron chi connectivity index (χ2n) is 2.74. The summed E-state index contributed by atoms with van der Waals surface area (Å²) >= 11 is 3.79. The Bertz CT molecular complexity index is 361. The molecule has 54 valence electrons. The lowest BCUT2D eigenvalue weighted by atomic mass is 10.2. The molecule has 0 amide bonds. The van der Waals surface area contributed by atoms with Gasteiger partial charge in [-0.1, -0.05) is 0 Å². The van der Waals surface area contributed by atoms with Gasteiger partial charge < -0.3 is 0 Å². The van der Waals surface area contributed by atoms with Gasteiger partial charge in [-0.15, -0.1) is 0 Å². The Morgan fingerprint density at radius 2 is 2.18 bits per heavy atom. The van der Waals surface area contributed by atoms with E-state index in [9.17, 15) is 0 Å². The Morgan fingerprint density at radius 1 is 1.18 bits per heavy atom. The molecule has 3 heteroatoms. The molecular weight excluding hydrogens is 188 g/mol. The molecule has 0 spiro atoms. The predicted molar refractivity (Wildman–Crippen MR) is 55.4 cm³/mol. The first kappa shape index (κ1) is 6.17. The third-order valence-electron chi connectivity index (χ3n) is 2.13. The summed E-state index contributed by atoms with van der Waals surface area (Å²) < 4.78 is 1.68. The van der Waals surface area contributed by atoms with E-state index in [-0.39, 0.29) is 9.52 Å². The van der Waals surface area contributed by atoms with Crippen molar-refractivity contribution in [2.45, 2.75) is 0 Å². The van der Waals surface area contributed by atoms with Gasteiger partial charge in [0, 0.05) is 0 Å². The molecular formula is C8H6S2Si. The lowest BCUT2D eigenvalue weighted by Gasteiger charge is -1.85. The van der Waals surface area contributed by atoms with Gasteiger partial charge in [0.25, 0.3) is 0 Å². The summed E-state index contributed by atoms with van der Waals surface area (Å²) in [6.45, 7) is 0. The van der Waals surface area contributed by atoms with E-state index in [4.69, 9.17) is 0 Å². The van der Waals surface area contributed by atoms with Gasteiger partial charge >= 0.3 is 0 Å². The molecule has 0 saturated heterocycles. The van der Waals surface area contributed by atoms with Crippen molar-refractivity contribution in [2.24, 2.45) is 0 Å². The Kier molecular flexibility index (Phi) is 1.16. The van der Waals surface area contributed by atoms with E-state index >= 15 is 0 Å². The van der Waals surface area contributed by atoms with Crippen LogP contribution in [0.2, 0.25) is 0 Å². The van der Waals surface area contributed by atoms with Crippen molar-refractivity contribution in [1.82, 2.24) is 0 Å². The third kappa shape index (κ3) is 0.732. The minimum atomic E-state index is -0.0467. The number of hydrogen-bond donors (Lipinski definition) is 0. The quantitative estimate of drug-likeness (QED) is 0.467. The lowest BCUT2D eigenvalue weighted by Crippen LogP contribution is -2.16. The summed E-state index contributed by atoms with van der Waals surface area (Å²) in [5.74, 6) is 0. The van der Waals surface area contributed by atoms with Gasteiger partial charge in [0.2, 0.25) is 0 Å². The summed E-state index contributed by atoms with van der Waals surface area (Å²) in [5.41, 5.74) is 3.08. The maximum Gasteiger partial charge on any atom is 0.103 e. The van der Waals surface area contributed by atoms with E-state index in [2.05, 4.69) is 22.2 Å². The van der Waals surface area contributed by atoms with Gasteiger partial charge in [-0.05, 0) is 43.0 Å².